The van der Waals surface area contributed by atoms with Gasteiger partial charge in [-0.3, -0.25) is 14.2 Å². The molecule has 2 aliphatic rings. The first-order valence-electron chi connectivity index (χ1n) is 15.5. The zero-order chi connectivity index (χ0) is 31.7. The molecule has 0 N–H and O–H groups in total. The fraction of sp³-hybridized carbons (Fsp3) is 0.412. The van der Waals surface area contributed by atoms with Crippen molar-refractivity contribution >= 4 is 33.5 Å². The van der Waals surface area contributed by atoms with Gasteiger partial charge in [0.05, 0.1) is 24.2 Å². The van der Waals surface area contributed by atoms with Gasteiger partial charge in [-0.05, 0) is 62.9 Å². The van der Waals surface area contributed by atoms with Gasteiger partial charge < -0.3 is 19.4 Å². The fourth-order valence-corrected chi connectivity index (χ4v) is 6.68. The lowest BCUT2D eigenvalue weighted by atomic mass is 10.0. The third kappa shape index (κ3) is 5.62. The van der Waals surface area contributed by atoms with Gasteiger partial charge >= 0.3 is 6.01 Å². The molecule has 2 aromatic carbocycles. The molecule has 2 saturated heterocycles. The van der Waals surface area contributed by atoms with Gasteiger partial charge in [0.1, 0.15) is 17.9 Å². The summed E-state index contributed by atoms with van der Waals surface area (Å²) >= 11 is 0. The highest BCUT2D eigenvalue weighted by atomic mass is 16.5. The summed E-state index contributed by atoms with van der Waals surface area (Å²) in [6, 6.07) is 14.3. The molecule has 2 aliphatic heterocycles. The Labute approximate surface area is 262 Å². The lowest BCUT2D eigenvalue weighted by Crippen LogP contribution is -2.55. The van der Waals surface area contributed by atoms with E-state index < -0.39 is 0 Å². The summed E-state index contributed by atoms with van der Waals surface area (Å²) in [5.41, 5.74) is 2.11. The van der Waals surface area contributed by atoms with Crippen molar-refractivity contribution in [3.63, 3.8) is 0 Å². The van der Waals surface area contributed by atoms with Crippen molar-refractivity contribution in [2.45, 2.75) is 51.6 Å². The second kappa shape index (κ2) is 12.7. The highest BCUT2D eigenvalue weighted by Gasteiger charge is 2.32. The van der Waals surface area contributed by atoms with E-state index in [0.29, 0.717) is 43.4 Å². The number of piperazine rings is 1. The Morgan fingerprint density at radius 3 is 2.62 bits per heavy atom. The molecule has 0 aliphatic carbocycles. The van der Waals surface area contributed by atoms with E-state index in [4.69, 9.17) is 14.7 Å². The predicted octanol–water partition coefficient (Wildman–Crippen LogP) is 3.79. The predicted molar refractivity (Wildman–Crippen MR) is 174 cm³/mol. The number of carbonyl (C=O) groups is 1. The smallest absolute Gasteiger partial charge is 0.319 e. The van der Waals surface area contributed by atoms with Crippen molar-refractivity contribution in [2.24, 2.45) is 0 Å². The Balaban J connectivity index is 1.51. The second-order valence-corrected chi connectivity index (χ2v) is 11.8. The largest absolute Gasteiger partial charge is 0.462 e. The van der Waals surface area contributed by atoms with Crippen LogP contribution in [0.15, 0.2) is 53.8 Å². The van der Waals surface area contributed by atoms with E-state index in [-0.39, 0.29) is 41.5 Å². The van der Waals surface area contributed by atoms with Gasteiger partial charge in [0.2, 0.25) is 5.91 Å². The lowest BCUT2D eigenvalue weighted by Gasteiger charge is -2.40. The Morgan fingerprint density at radius 1 is 1.11 bits per heavy atom. The maximum absolute atomic E-state index is 14.5. The number of likely N-dealkylation sites (tertiary alicyclic amines) is 1. The number of fused-ring (bicyclic) bond motifs is 2. The topological polar surface area (TPSA) is 120 Å². The highest BCUT2D eigenvalue weighted by molar-refractivity contribution is 5.94. The number of carbonyl (C=O) groups excluding carboxylic acids is 1. The van der Waals surface area contributed by atoms with E-state index >= 15 is 0 Å². The molecule has 1 amide bonds. The van der Waals surface area contributed by atoms with Gasteiger partial charge in [-0.1, -0.05) is 43.8 Å². The van der Waals surface area contributed by atoms with Gasteiger partial charge in [0, 0.05) is 31.1 Å². The van der Waals surface area contributed by atoms with Gasteiger partial charge in [-0.15, -0.1) is 0 Å². The van der Waals surface area contributed by atoms with E-state index in [0.717, 1.165) is 47.8 Å². The maximum Gasteiger partial charge on any atom is 0.319 e. The number of anilines is 1. The van der Waals surface area contributed by atoms with Crippen LogP contribution in [0.2, 0.25) is 0 Å². The van der Waals surface area contributed by atoms with Crippen LogP contribution >= 0.6 is 0 Å². The van der Waals surface area contributed by atoms with Crippen LogP contribution in [0, 0.1) is 18.3 Å². The van der Waals surface area contributed by atoms with Crippen molar-refractivity contribution in [3.05, 3.63) is 70.8 Å². The minimum Gasteiger partial charge on any atom is -0.462 e. The van der Waals surface area contributed by atoms with Crippen molar-refractivity contribution < 1.29 is 9.53 Å². The SMILES string of the molecule is C=CC(=O)N1CCN(c2nc(OCC3CCCN3C)nc3c(=O)n(-c4cccc5cccc(CC)c45)c(C)nc23)CC1CC#N. The number of ether oxygens (including phenoxy) is 1. The number of benzene rings is 2. The van der Waals surface area contributed by atoms with E-state index in [1.807, 2.05) is 42.2 Å². The van der Waals surface area contributed by atoms with Gasteiger partial charge in [0.15, 0.2) is 11.3 Å². The molecule has 0 spiro atoms. The molecule has 0 radical (unpaired) electrons. The van der Waals surface area contributed by atoms with Crippen LogP contribution in [-0.2, 0) is 11.2 Å². The average molecular weight is 607 g/mol. The molecule has 4 heterocycles. The van der Waals surface area contributed by atoms with Crippen LogP contribution < -0.4 is 15.2 Å². The van der Waals surface area contributed by atoms with Crippen LogP contribution in [-0.4, -0.2) is 87.1 Å². The molecule has 0 bridgehead atoms. The van der Waals surface area contributed by atoms with E-state index in [2.05, 4.69) is 42.6 Å². The van der Waals surface area contributed by atoms with Gasteiger partial charge in [-0.2, -0.15) is 15.2 Å². The van der Waals surface area contributed by atoms with Crippen LogP contribution in [0.3, 0.4) is 0 Å². The molecule has 11 nitrogen and oxygen atoms in total. The van der Waals surface area contributed by atoms with Crippen LogP contribution in [0.25, 0.3) is 27.5 Å². The summed E-state index contributed by atoms with van der Waals surface area (Å²) in [5.74, 6) is 0.750. The molecule has 0 saturated carbocycles. The molecule has 2 aromatic heterocycles. The zero-order valence-electron chi connectivity index (χ0n) is 26.1. The molecule has 4 aromatic rings. The lowest BCUT2D eigenvalue weighted by molar-refractivity contribution is -0.128. The summed E-state index contributed by atoms with van der Waals surface area (Å²) < 4.78 is 7.83. The number of hydrogen-bond acceptors (Lipinski definition) is 9. The molecule has 11 heteroatoms. The van der Waals surface area contributed by atoms with Crippen LogP contribution in [0.4, 0.5) is 5.82 Å². The van der Waals surface area contributed by atoms with Crippen LogP contribution in [0.1, 0.15) is 37.6 Å². The van der Waals surface area contributed by atoms with Crippen molar-refractivity contribution in [1.82, 2.24) is 29.3 Å². The number of nitriles is 1. The monoisotopic (exact) mass is 606 g/mol. The first kappa shape index (κ1) is 30.2. The number of rotatable bonds is 8. The standard InChI is InChI=1S/C34H38N8O3/c1-5-23-10-7-11-24-12-8-14-27(29(23)24)42-22(3)36-30-31(33(42)44)37-34(45-21-26-13-9-17-39(26)4)38-32(30)40-18-19-41(28(43)6-2)25(20-40)15-16-35/h6-8,10-12,14,25-26H,2,5,9,13,15,17-21H2,1,3-4H3. The first-order chi connectivity index (χ1) is 21.8. The molecule has 45 heavy (non-hydrogen) atoms. The Kier molecular flexibility index (Phi) is 8.50. The Bertz CT molecular complexity index is 1870. The maximum atomic E-state index is 14.5. The molecule has 2 atom stereocenters. The zero-order valence-corrected chi connectivity index (χ0v) is 26.1. The Morgan fingerprint density at radius 2 is 1.91 bits per heavy atom. The van der Waals surface area contributed by atoms with E-state index in [1.165, 1.54) is 6.08 Å². The van der Waals surface area contributed by atoms with E-state index in [9.17, 15) is 14.9 Å². The van der Waals surface area contributed by atoms with Gasteiger partial charge in [-0.25, -0.2) is 4.98 Å². The third-order valence-corrected chi connectivity index (χ3v) is 9.08. The Hall–Kier alpha value is -4.82. The molecule has 6 rings (SSSR count). The number of aryl methyl sites for hydroxylation is 2. The molecular weight excluding hydrogens is 568 g/mol. The van der Waals surface area contributed by atoms with Crippen molar-refractivity contribution in [3.8, 4) is 17.8 Å². The third-order valence-electron chi connectivity index (χ3n) is 9.08. The molecule has 2 unspecified atom stereocenters. The molecule has 232 valence electrons. The van der Waals surface area contributed by atoms with Crippen molar-refractivity contribution in [2.75, 3.05) is 44.7 Å². The quantitative estimate of drug-likeness (QED) is 0.276. The highest BCUT2D eigenvalue weighted by Crippen LogP contribution is 2.30. The fourth-order valence-electron chi connectivity index (χ4n) is 6.68. The molecule has 2 fully saturated rings. The minimum absolute atomic E-state index is 0.112. The van der Waals surface area contributed by atoms with Gasteiger partial charge in [0.25, 0.3) is 5.56 Å². The number of aromatic nitrogens is 4. The number of nitrogens with zero attached hydrogens (tertiary/aromatic N) is 8. The molecular formula is C34H38N8O3. The first-order valence-corrected chi connectivity index (χ1v) is 15.5. The van der Waals surface area contributed by atoms with E-state index in [1.54, 1.807) is 9.47 Å². The summed E-state index contributed by atoms with van der Waals surface area (Å²) in [7, 11) is 2.08. The average Bonchev–Trinajstić information content (AvgIpc) is 3.47. The summed E-state index contributed by atoms with van der Waals surface area (Å²) in [6.45, 7) is 10.1. The summed E-state index contributed by atoms with van der Waals surface area (Å²) in [5, 5.41) is 11.6. The summed E-state index contributed by atoms with van der Waals surface area (Å²) in [4.78, 5) is 47.4. The normalized spacial score (nSPS) is 18.8. The van der Waals surface area contributed by atoms with Crippen molar-refractivity contribution in [1.29, 1.82) is 5.26 Å². The number of hydrogen-bond donors (Lipinski definition) is 0. The van der Waals surface area contributed by atoms with Crippen LogP contribution in [0.5, 0.6) is 6.01 Å². The number of amides is 1. The minimum atomic E-state index is -0.375. The second-order valence-electron chi connectivity index (χ2n) is 11.8. The number of likely N-dealkylation sites (N-methyl/N-ethyl adjacent to an activating group) is 1. The summed E-state index contributed by atoms with van der Waals surface area (Å²) in [6.07, 6.45) is 4.35.